The van der Waals surface area contributed by atoms with Crippen molar-refractivity contribution in [2.75, 3.05) is 7.11 Å². The molecule has 3 rings (SSSR count). The third kappa shape index (κ3) is 2.13. The van der Waals surface area contributed by atoms with Gasteiger partial charge in [0.15, 0.2) is 0 Å². The van der Waals surface area contributed by atoms with E-state index in [4.69, 9.17) is 4.74 Å². The highest BCUT2D eigenvalue weighted by Gasteiger charge is 2.43. The van der Waals surface area contributed by atoms with Crippen LogP contribution in [0.5, 0.6) is 5.75 Å². The summed E-state index contributed by atoms with van der Waals surface area (Å²) in [5.41, 5.74) is 6.29. The maximum Gasteiger partial charge on any atom is 0.125 e. The van der Waals surface area contributed by atoms with Crippen LogP contribution >= 0.6 is 0 Å². The Balaban J connectivity index is 2.17. The van der Waals surface area contributed by atoms with Crippen molar-refractivity contribution in [2.45, 2.75) is 64.7 Å². The third-order valence-corrected chi connectivity index (χ3v) is 5.86. The van der Waals surface area contributed by atoms with E-state index in [2.05, 4.69) is 45.9 Å². The summed E-state index contributed by atoms with van der Waals surface area (Å²) in [6.45, 7) is 9.31. The molecule has 0 saturated heterocycles. The maximum atomic E-state index is 5.84. The van der Waals surface area contributed by atoms with Gasteiger partial charge in [-0.2, -0.15) is 0 Å². The van der Waals surface area contributed by atoms with Crippen molar-refractivity contribution in [3.63, 3.8) is 0 Å². The Hall–Kier alpha value is -1.24. The first kappa shape index (κ1) is 14.7. The lowest BCUT2D eigenvalue weighted by atomic mass is 9.58. The van der Waals surface area contributed by atoms with Crippen LogP contribution in [0.4, 0.5) is 0 Å². The van der Waals surface area contributed by atoms with E-state index in [1.165, 1.54) is 30.4 Å². The topological polar surface area (TPSA) is 9.23 Å². The van der Waals surface area contributed by atoms with Crippen molar-refractivity contribution in [1.29, 1.82) is 0 Å². The van der Waals surface area contributed by atoms with Crippen LogP contribution in [0.15, 0.2) is 23.8 Å². The fraction of sp³-hybridized carbons (Fsp3) is 0.600. The molecule has 0 amide bonds. The minimum Gasteiger partial charge on any atom is -0.496 e. The first-order chi connectivity index (χ1) is 9.99. The van der Waals surface area contributed by atoms with Gasteiger partial charge in [0, 0.05) is 0 Å². The summed E-state index contributed by atoms with van der Waals surface area (Å²) in [5, 5.41) is 0. The number of hydrogen-bond donors (Lipinski definition) is 0. The summed E-state index contributed by atoms with van der Waals surface area (Å²) < 4.78 is 5.84. The molecule has 0 saturated carbocycles. The van der Waals surface area contributed by atoms with Crippen molar-refractivity contribution in [1.82, 2.24) is 0 Å². The smallest absolute Gasteiger partial charge is 0.125 e. The van der Waals surface area contributed by atoms with Gasteiger partial charge in [-0.1, -0.05) is 44.6 Å². The number of ether oxygens (including phenoxy) is 1. The molecule has 0 unspecified atom stereocenters. The van der Waals surface area contributed by atoms with E-state index in [0.717, 1.165) is 12.2 Å². The van der Waals surface area contributed by atoms with Crippen LogP contribution in [0.2, 0.25) is 0 Å². The number of rotatable bonds is 2. The van der Waals surface area contributed by atoms with Gasteiger partial charge in [-0.05, 0) is 66.5 Å². The summed E-state index contributed by atoms with van der Waals surface area (Å²) in [6.07, 6.45) is 7.37. The monoisotopic (exact) mass is 284 g/mol. The standard InChI is InChI=1S/C20H28O/c1-13(2)15-8-11-18-16(19(15)21-5)9-10-17-14(3)7-6-12-20(17,18)4/h7-8,11,13,17H,6,9-10,12H2,1-5H3/t17-,20-/m1/s1. The van der Waals surface area contributed by atoms with Crippen LogP contribution in [0.25, 0.3) is 0 Å². The Morgan fingerprint density at radius 1 is 1.29 bits per heavy atom. The number of fused-ring (bicyclic) bond motifs is 3. The van der Waals surface area contributed by atoms with Crippen LogP contribution in [0, 0.1) is 5.92 Å². The minimum atomic E-state index is 0.301. The zero-order valence-corrected chi connectivity index (χ0v) is 14.1. The molecule has 2 aliphatic rings. The van der Waals surface area contributed by atoms with Crippen molar-refractivity contribution in [3.05, 3.63) is 40.5 Å². The quantitative estimate of drug-likeness (QED) is 0.663. The lowest BCUT2D eigenvalue weighted by molar-refractivity contribution is 0.257. The van der Waals surface area contributed by atoms with Gasteiger partial charge >= 0.3 is 0 Å². The van der Waals surface area contributed by atoms with Crippen LogP contribution in [0.1, 0.15) is 69.6 Å². The molecule has 0 radical (unpaired) electrons. The Bertz CT molecular complexity index is 582. The highest BCUT2D eigenvalue weighted by molar-refractivity contribution is 5.53. The maximum absolute atomic E-state index is 5.84. The van der Waals surface area contributed by atoms with Crippen LogP contribution in [-0.4, -0.2) is 7.11 Å². The van der Waals surface area contributed by atoms with Gasteiger partial charge in [-0.25, -0.2) is 0 Å². The first-order valence-electron chi connectivity index (χ1n) is 8.36. The average molecular weight is 284 g/mol. The molecular weight excluding hydrogens is 256 g/mol. The zero-order chi connectivity index (χ0) is 15.2. The minimum absolute atomic E-state index is 0.301. The van der Waals surface area contributed by atoms with Gasteiger partial charge in [0.05, 0.1) is 7.11 Å². The van der Waals surface area contributed by atoms with E-state index in [1.54, 1.807) is 11.1 Å². The predicted octanol–water partition coefficient (Wildman–Crippen LogP) is 5.38. The number of methoxy groups -OCH3 is 1. The van der Waals surface area contributed by atoms with Gasteiger partial charge < -0.3 is 4.74 Å². The fourth-order valence-corrected chi connectivity index (χ4v) is 4.70. The van der Waals surface area contributed by atoms with Gasteiger partial charge in [-0.15, -0.1) is 0 Å². The molecule has 114 valence electrons. The zero-order valence-electron chi connectivity index (χ0n) is 14.1. The molecule has 2 aliphatic carbocycles. The molecular formula is C20H28O. The molecule has 0 heterocycles. The Morgan fingerprint density at radius 2 is 2.05 bits per heavy atom. The summed E-state index contributed by atoms with van der Waals surface area (Å²) >= 11 is 0. The van der Waals surface area contributed by atoms with E-state index in [9.17, 15) is 0 Å². The molecule has 1 aromatic carbocycles. The second-order valence-electron chi connectivity index (χ2n) is 7.36. The Morgan fingerprint density at radius 3 is 2.71 bits per heavy atom. The third-order valence-electron chi connectivity index (χ3n) is 5.86. The lowest BCUT2D eigenvalue weighted by Gasteiger charge is -2.47. The van der Waals surface area contributed by atoms with Crippen molar-refractivity contribution in [3.8, 4) is 5.75 Å². The van der Waals surface area contributed by atoms with Crippen LogP contribution < -0.4 is 4.74 Å². The molecule has 1 nitrogen and oxygen atoms in total. The van der Waals surface area contributed by atoms with Gasteiger partial charge in [-0.3, -0.25) is 0 Å². The second-order valence-corrected chi connectivity index (χ2v) is 7.36. The number of benzene rings is 1. The van der Waals surface area contributed by atoms with E-state index in [1.807, 2.05) is 7.11 Å². The number of hydrogen-bond acceptors (Lipinski definition) is 1. The lowest BCUT2D eigenvalue weighted by Crippen LogP contribution is -2.39. The molecule has 1 aromatic rings. The molecule has 21 heavy (non-hydrogen) atoms. The molecule has 0 aliphatic heterocycles. The normalized spacial score (nSPS) is 27.9. The summed E-state index contributed by atoms with van der Waals surface area (Å²) in [6, 6.07) is 4.71. The second kappa shape index (κ2) is 5.19. The molecule has 2 atom stereocenters. The summed E-state index contributed by atoms with van der Waals surface area (Å²) in [7, 11) is 1.84. The van der Waals surface area contributed by atoms with Crippen molar-refractivity contribution < 1.29 is 4.74 Å². The van der Waals surface area contributed by atoms with Gasteiger partial charge in [0.25, 0.3) is 0 Å². The van der Waals surface area contributed by atoms with E-state index in [0.29, 0.717) is 17.3 Å². The molecule has 0 spiro atoms. The highest BCUT2D eigenvalue weighted by Crippen LogP contribution is 2.52. The van der Waals surface area contributed by atoms with Crippen molar-refractivity contribution in [2.24, 2.45) is 5.92 Å². The molecule has 0 N–H and O–H groups in total. The molecule has 0 bridgehead atoms. The van der Waals surface area contributed by atoms with E-state index >= 15 is 0 Å². The summed E-state index contributed by atoms with van der Waals surface area (Å²) in [4.78, 5) is 0. The SMILES string of the molecule is COc1c(C(C)C)ccc2c1CC[C@@H]1C(C)=CCC[C@@]21C. The van der Waals surface area contributed by atoms with Gasteiger partial charge in [0.2, 0.25) is 0 Å². The van der Waals surface area contributed by atoms with Crippen LogP contribution in [-0.2, 0) is 11.8 Å². The van der Waals surface area contributed by atoms with E-state index < -0.39 is 0 Å². The Labute approximate surface area is 129 Å². The van der Waals surface area contributed by atoms with E-state index in [-0.39, 0.29) is 0 Å². The average Bonchev–Trinajstić information content (AvgIpc) is 2.45. The molecule has 0 fully saturated rings. The molecule has 1 heteroatoms. The van der Waals surface area contributed by atoms with Crippen molar-refractivity contribution >= 4 is 0 Å². The predicted molar refractivity (Wildman–Crippen MR) is 89.2 cm³/mol. The fourth-order valence-electron chi connectivity index (χ4n) is 4.70. The first-order valence-corrected chi connectivity index (χ1v) is 8.36. The largest absolute Gasteiger partial charge is 0.496 e. The number of allylic oxidation sites excluding steroid dienone is 2. The van der Waals surface area contributed by atoms with Gasteiger partial charge in [0.1, 0.15) is 5.75 Å². The highest BCUT2D eigenvalue weighted by atomic mass is 16.5. The molecule has 0 aromatic heterocycles. The summed E-state index contributed by atoms with van der Waals surface area (Å²) in [5.74, 6) is 2.39. The Kier molecular flexibility index (Phi) is 3.63. The van der Waals surface area contributed by atoms with Crippen LogP contribution in [0.3, 0.4) is 0 Å².